The molecule has 0 bridgehead atoms. The van der Waals surface area contributed by atoms with E-state index in [0.29, 0.717) is 49.8 Å². The summed E-state index contributed by atoms with van der Waals surface area (Å²) in [7, 11) is 3.16. The summed E-state index contributed by atoms with van der Waals surface area (Å²) in [4.78, 5) is 4.32. The summed E-state index contributed by atoms with van der Waals surface area (Å²) in [5.74, 6) is 2.79. The predicted molar refractivity (Wildman–Crippen MR) is 123 cm³/mol. The van der Waals surface area contributed by atoms with E-state index < -0.39 is 0 Å². The molecule has 8 nitrogen and oxygen atoms in total. The van der Waals surface area contributed by atoms with Crippen LogP contribution < -0.4 is 9.47 Å². The lowest BCUT2D eigenvalue weighted by atomic mass is 10.2. The molecule has 2 aromatic carbocycles. The molecule has 0 saturated heterocycles. The van der Waals surface area contributed by atoms with Gasteiger partial charge in [0.2, 0.25) is 5.89 Å². The Morgan fingerprint density at radius 2 is 1.78 bits per heavy atom. The zero-order chi connectivity index (χ0) is 22.8. The van der Waals surface area contributed by atoms with Gasteiger partial charge in [0, 0.05) is 5.02 Å². The van der Waals surface area contributed by atoms with E-state index in [0.717, 1.165) is 5.69 Å². The molecule has 166 valence electrons. The minimum atomic E-state index is -0.165. The van der Waals surface area contributed by atoms with E-state index in [1.165, 1.54) is 11.8 Å². The maximum Gasteiger partial charge on any atom is 0.239 e. The molecule has 0 aliphatic carbocycles. The third kappa shape index (κ3) is 4.41. The van der Waals surface area contributed by atoms with E-state index >= 15 is 0 Å². The van der Waals surface area contributed by atoms with E-state index in [9.17, 15) is 0 Å². The number of aryl methyl sites for hydroxylation is 1. The second-order valence-electron chi connectivity index (χ2n) is 6.74. The molecule has 1 atom stereocenters. The molecule has 0 radical (unpaired) electrons. The van der Waals surface area contributed by atoms with Gasteiger partial charge in [0.25, 0.3) is 0 Å². The fourth-order valence-corrected chi connectivity index (χ4v) is 4.41. The van der Waals surface area contributed by atoms with Crippen molar-refractivity contribution in [1.29, 1.82) is 0 Å². The Bertz CT molecular complexity index is 1260. The van der Waals surface area contributed by atoms with Crippen LogP contribution >= 0.6 is 35.0 Å². The molecule has 2 aromatic heterocycles. The second kappa shape index (κ2) is 9.40. The number of halogens is 2. The van der Waals surface area contributed by atoms with Crippen LogP contribution in [0.1, 0.15) is 23.9 Å². The highest BCUT2D eigenvalue weighted by molar-refractivity contribution is 7.99. The third-order valence-electron chi connectivity index (χ3n) is 4.60. The molecule has 0 unspecified atom stereocenters. The quantitative estimate of drug-likeness (QED) is 0.299. The van der Waals surface area contributed by atoms with Gasteiger partial charge in [0.15, 0.2) is 16.8 Å². The van der Waals surface area contributed by atoms with Gasteiger partial charge in [-0.05, 0) is 50.2 Å². The maximum atomic E-state index is 6.42. The normalized spacial score (nSPS) is 12.1. The Kier molecular flexibility index (Phi) is 6.59. The van der Waals surface area contributed by atoms with Crippen LogP contribution in [0.25, 0.3) is 17.1 Å². The van der Waals surface area contributed by atoms with Gasteiger partial charge in [0.1, 0.15) is 11.5 Å². The number of aromatic nitrogens is 5. The van der Waals surface area contributed by atoms with Crippen LogP contribution in [0, 0.1) is 6.92 Å². The number of methoxy groups -OCH3 is 2. The monoisotopic (exact) mass is 491 g/mol. The number of nitrogens with zero attached hydrogens (tertiary/aromatic N) is 5. The minimum absolute atomic E-state index is 0.165. The van der Waals surface area contributed by atoms with Crippen LogP contribution in [0.3, 0.4) is 0 Å². The minimum Gasteiger partial charge on any atom is -0.496 e. The van der Waals surface area contributed by atoms with Crippen molar-refractivity contribution in [1.82, 2.24) is 24.9 Å². The summed E-state index contributed by atoms with van der Waals surface area (Å²) in [6, 6.07) is 10.8. The molecule has 0 fully saturated rings. The molecular weight excluding hydrogens is 473 g/mol. The first kappa shape index (κ1) is 22.4. The van der Waals surface area contributed by atoms with Crippen molar-refractivity contribution in [3.8, 4) is 28.6 Å². The third-order valence-corrected chi connectivity index (χ3v) is 6.16. The Labute approximate surface area is 198 Å². The van der Waals surface area contributed by atoms with E-state index in [1.54, 1.807) is 51.5 Å². The zero-order valence-electron chi connectivity index (χ0n) is 17.7. The molecule has 0 aliphatic rings. The number of hydrogen-bond acceptors (Lipinski definition) is 8. The van der Waals surface area contributed by atoms with Gasteiger partial charge < -0.3 is 14.0 Å². The Balaban J connectivity index is 1.86. The SMILES string of the molecule is COc1ccc(-n2c(S[C@H](C)c3nc(C)no3)nnc2-c2cc(Cl)ccc2OC)cc1Cl. The summed E-state index contributed by atoms with van der Waals surface area (Å²) in [6.45, 7) is 3.73. The molecule has 32 heavy (non-hydrogen) atoms. The van der Waals surface area contributed by atoms with Gasteiger partial charge in [-0.15, -0.1) is 10.2 Å². The van der Waals surface area contributed by atoms with Crippen molar-refractivity contribution in [3.05, 3.63) is 58.2 Å². The standard InChI is InChI=1S/C21H19Cl2N5O3S/c1-11(20-24-12(2)27-31-20)32-21-26-25-19(15-9-13(22)5-7-17(15)29-3)28(21)14-6-8-18(30-4)16(23)10-14/h5-11H,1-4H3/t11-/m1/s1. The molecular formula is C21H19Cl2N5O3S. The smallest absolute Gasteiger partial charge is 0.239 e. The van der Waals surface area contributed by atoms with Gasteiger partial charge in [-0.1, -0.05) is 40.1 Å². The molecule has 4 aromatic rings. The highest BCUT2D eigenvalue weighted by Gasteiger charge is 2.24. The number of thioether (sulfide) groups is 1. The van der Waals surface area contributed by atoms with Crippen molar-refractivity contribution in [3.63, 3.8) is 0 Å². The fraction of sp³-hybridized carbons (Fsp3) is 0.238. The molecule has 2 heterocycles. The van der Waals surface area contributed by atoms with Crippen molar-refractivity contribution >= 4 is 35.0 Å². The largest absolute Gasteiger partial charge is 0.496 e. The molecule has 11 heteroatoms. The lowest BCUT2D eigenvalue weighted by Crippen LogP contribution is -2.02. The first-order chi connectivity index (χ1) is 15.4. The number of rotatable bonds is 7. The summed E-state index contributed by atoms with van der Waals surface area (Å²) in [5.41, 5.74) is 1.43. The van der Waals surface area contributed by atoms with E-state index in [-0.39, 0.29) is 5.25 Å². The highest BCUT2D eigenvalue weighted by Crippen LogP contribution is 2.40. The van der Waals surface area contributed by atoms with Crippen molar-refractivity contribution in [2.75, 3.05) is 14.2 Å². The molecule has 0 amide bonds. The first-order valence-corrected chi connectivity index (χ1v) is 11.1. The van der Waals surface area contributed by atoms with Gasteiger partial charge >= 0.3 is 0 Å². The van der Waals surface area contributed by atoms with Crippen LogP contribution in [-0.4, -0.2) is 39.1 Å². The van der Waals surface area contributed by atoms with Gasteiger partial charge in [-0.2, -0.15) is 4.98 Å². The average molecular weight is 492 g/mol. The summed E-state index contributed by atoms with van der Waals surface area (Å²) < 4.78 is 18.0. The lowest BCUT2D eigenvalue weighted by molar-refractivity contribution is 0.376. The number of benzene rings is 2. The number of ether oxygens (including phenoxy) is 2. The fourth-order valence-electron chi connectivity index (χ4n) is 3.09. The summed E-state index contributed by atoms with van der Waals surface area (Å²) in [5, 5.41) is 14.2. The molecule has 0 N–H and O–H groups in total. The van der Waals surface area contributed by atoms with Crippen molar-refractivity contribution in [2.45, 2.75) is 24.3 Å². The number of hydrogen-bond donors (Lipinski definition) is 0. The van der Waals surface area contributed by atoms with Crippen LogP contribution in [0.4, 0.5) is 0 Å². The summed E-state index contributed by atoms with van der Waals surface area (Å²) >= 11 is 14.1. The van der Waals surface area contributed by atoms with Crippen molar-refractivity contribution < 1.29 is 14.0 Å². The Hall–Kier alpha value is -2.75. The Morgan fingerprint density at radius 1 is 1.03 bits per heavy atom. The summed E-state index contributed by atoms with van der Waals surface area (Å²) in [6.07, 6.45) is 0. The van der Waals surface area contributed by atoms with E-state index in [2.05, 4.69) is 20.3 Å². The Morgan fingerprint density at radius 3 is 2.44 bits per heavy atom. The highest BCUT2D eigenvalue weighted by atomic mass is 35.5. The van der Waals surface area contributed by atoms with Crippen LogP contribution in [0.2, 0.25) is 10.0 Å². The van der Waals surface area contributed by atoms with Crippen LogP contribution in [-0.2, 0) is 0 Å². The first-order valence-electron chi connectivity index (χ1n) is 9.51. The second-order valence-corrected chi connectivity index (χ2v) is 8.90. The lowest BCUT2D eigenvalue weighted by Gasteiger charge is -2.15. The van der Waals surface area contributed by atoms with Crippen molar-refractivity contribution in [2.24, 2.45) is 0 Å². The van der Waals surface area contributed by atoms with Gasteiger partial charge in [0.05, 0.1) is 35.7 Å². The van der Waals surface area contributed by atoms with E-state index in [1.807, 2.05) is 17.6 Å². The zero-order valence-corrected chi connectivity index (χ0v) is 20.0. The van der Waals surface area contributed by atoms with Crippen LogP contribution in [0.15, 0.2) is 46.1 Å². The predicted octanol–water partition coefficient (Wildman–Crippen LogP) is 5.80. The molecule has 0 spiro atoms. The maximum absolute atomic E-state index is 6.42. The van der Waals surface area contributed by atoms with Gasteiger partial charge in [-0.3, -0.25) is 4.57 Å². The average Bonchev–Trinajstić information content (AvgIpc) is 3.40. The molecule has 4 rings (SSSR count). The molecule has 0 saturated carbocycles. The van der Waals surface area contributed by atoms with Gasteiger partial charge in [-0.25, -0.2) is 0 Å². The van der Waals surface area contributed by atoms with Crippen LogP contribution in [0.5, 0.6) is 11.5 Å². The molecule has 0 aliphatic heterocycles. The van der Waals surface area contributed by atoms with E-state index in [4.69, 9.17) is 37.2 Å². The topological polar surface area (TPSA) is 88.1 Å².